The van der Waals surface area contributed by atoms with Crippen LogP contribution in [0.1, 0.15) is 13.3 Å². The first-order valence-corrected chi connectivity index (χ1v) is 7.47. The normalized spacial score (nSPS) is 13.6. The second-order valence-electron chi connectivity index (χ2n) is 3.63. The van der Waals surface area contributed by atoms with Gasteiger partial charge in [-0.05, 0) is 12.5 Å². The maximum atomic E-state index is 12.0. The highest BCUT2D eigenvalue weighted by Crippen LogP contribution is 2.22. The monoisotopic (exact) mass is 312 g/mol. The Kier molecular flexibility index (Phi) is 5.81. The van der Waals surface area contributed by atoms with E-state index in [0.29, 0.717) is 13.0 Å². The van der Waals surface area contributed by atoms with Gasteiger partial charge in [-0.3, -0.25) is 0 Å². The first-order chi connectivity index (χ1) is 8.40. The average Bonchev–Trinajstić information content (AvgIpc) is 2.31. The zero-order chi connectivity index (χ0) is 13.8. The van der Waals surface area contributed by atoms with Crippen LogP contribution in [0, 0.1) is 0 Å². The van der Waals surface area contributed by atoms with Gasteiger partial charge in [0.2, 0.25) is 10.0 Å². The fourth-order valence-electron chi connectivity index (χ4n) is 1.27. The molecule has 1 N–H and O–H groups in total. The average molecular weight is 313 g/mol. The molecule has 0 fully saturated rings. The molecule has 0 saturated carbocycles. The van der Waals surface area contributed by atoms with E-state index in [1.165, 1.54) is 13.2 Å². The van der Waals surface area contributed by atoms with Crippen LogP contribution in [0.3, 0.4) is 0 Å². The van der Waals surface area contributed by atoms with Crippen molar-refractivity contribution >= 4 is 33.2 Å². The lowest BCUT2D eigenvalue weighted by molar-refractivity contribution is 0.173. The van der Waals surface area contributed by atoms with Crippen molar-refractivity contribution in [2.24, 2.45) is 0 Å². The van der Waals surface area contributed by atoms with E-state index in [4.69, 9.17) is 27.9 Å². The number of hydrogen-bond acceptors (Lipinski definition) is 4. The third-order valence-electron chi connectivity index (χ3n) is 2.26. The van der Waals surface area contributed by atoms with Gasteiger partial charge in [0.05, 0.1) is 11.6 Å². The van der Waals surface area contributed by atoms with Crippen molar-refractivity contribution in [1.29, 1.82) is 0 Å². The van der Waals surface area contributed by atoms with Gasteiger partial charge in [-0.2, -0.15) is 0 Å². The Balaban J connectivity index is 2.95. The number of ether oxygens (including phenoxy) is 1. The van der Waals surface area contributed by atoms with Gasteiger partial charge in [-0.1, -0.05) is 30.1 Å². The zero-order valence-electron chi connectivity index (χ0n) is 9.98. The van der Waals surface area contributed by atoms with Crippen molar-refractivity contribution in [2.45, 2.75) is 24.3 Å². The Labute approximate surface area is 117 Å². The van der Waals surface area contributed by atoms with E-state index in [-0.39, 0.29) is 21.1 Å². The molecular formula is C10H14Cl2N2O3S. The molecule has 1 aromatic heterocycles. The fraction of sp³-hybridized carbons (Fsp3) is 0.500. The van der Waals surface area contributed by atoms with E-state index in [2.05, 4.69) is 9.71 Å². The SMILES string of the molecule is CCC(COC)NS(=O)(=O)c1cnc(Cl)c(Cl)c1. The van der Waals surface area contributed by atoms with Gasteiger partial charge in [0.15, 0.2) is 0 Å². The lowest BCUT2D eigenvalue weighted by Gasteiger charge is -2.16. The number of aromatic nitrogens is 1. The Bertz CT molecular complexity index is 508. The molecular weight excluding hydrogens is 299 g/mol. The quantitative estimate of drug-likeness (QED) is 0.817. The van der Waals surface area contributed by atoms with Crippen molar-refractivity contribution in [3.8, 4) is 0 Å². The maximum absolute atomic E-state index is 12.0. The standard InChI is InChI=1S/C10H14Cl2N2O3S/c1-3-7(6-17-2)14-18(15,16)8-4-9(11)10(12)13-5-8/h4-5,7,14H,3,6H2,1-2H3. The highest BCUT2D eigenvalue weighted by molar-refractivity contribution is 7.89. The number of pyridine rings is 1. The van der Waals surface area contributed by atoms with Gasteiger partial charge < -0.3 is 4.74 Å². The molecule has 0 saturated heterocycles. The number of sulfonamides is 1. The molecule has 1 unspecified atom stereocenters. The molecule has 5 nitrogen and oxygen atoms in total. The van der Waals surface area contributed by atoms with Crippen LogP contribution in [-0.4, -0.2) is 33.2 Å². The third-order valence-corrected chi connectivity index (χ3v) is 4.44. The number of halogens is 2. The molecule has 1 aromatic rings. The molecule has 0 spiro atoms. The maximum Gasteiger partial charge on any atom is 0.242 e. The van der Waals surface area contributed by atoms with E-state index in [1.54, 1.807) is 0 Å². The van der Waals surface area contributed by atoms with Gasteiger partial charge in [0, 0.05) is 19.3 Å². The van der Waals surface area contributed by atoms with Crippen molar-refractivity contribution in [2.75, 3.05) is 13.7 Å². The smallest absolute Gasteiger partial charge is 0.242 e. The Hall–Kier alpha value is -0.400. The van der Waals surface area contributed by atoms with E-state index < -0.39 is 10.0 Å². The van der Waals surface area contributed by atoms with Gasteiger partial charge in [-0.15, -0.1) is 0 Å². The van der Waals surface area contributed by atoms with Crippen LogP contribution in [0.4, 0.5) is 0 Å². The number of rotatable bonds is 6. The summed E-state index contributed by atoms with van der Waals surface area (Å²) in [5.41, 5.74) is 0. The molecule has 1 rings (SSSR count). The first kappa shape index (κ1) is 15.7. The molecule has 0 amide bonds. The van der Waals surface area contributed by atoms with Crippen LogP contribution in [0.25, 0.3) is 0 Å². The van der Waals surface area contributed by atoms with Crippen LogP contribution in [0.15, 0.2) is 17.2 Å². The molecule has 18 heavy (non-hydrogen) atoms. The van der Waals surface area contributed by atoms with Crippen molar-refractivity contribution in [3.63, 3.8) is 0 Å². The topological polar surface area (TPSA) is 68.3 Å². The Morgan fingerprint density at radius 1 is 1.50 bits per heavy atom. The third kappa shape index (κ3) is 4.07. The number of nitrogens with one attached hydrogen (secondary N) is 1. The van der Waals surface area contributed by atoms with Crippen LogP contribution in [0.5, 0.6) is 0 Å². The van der Waals surface area contributed by atoms with Crippen LogP contribution in [-0.2, 0) is 14.8 Å². The first-order valence-electron chi connectivity index (χ1n) is 5.23. The van der Waals surface area contributed by atoms with E-state index in [9.17, 15) is 8.42 Å². The van der Waals surface area contributed by atoms with Gasteiger partial charge in [0.1, 0.15) is 10.0 Å². The van der Waals surface area contributed by atoms with Gasteiger partial charge in [0.25, 0.3) is 0 Å². The highest BCUT2D eigenvalue weighted by atomic mass is 35.5. The highest BCUT2D eigenvalue weighted by Gasteiger charge is 2.20. The minimum atomic E-state index is -3.67. The fourth-order valence-corrected chi connectivity index (χ4v) is 2.88. The summed E-state index contributed by atoms with van der Waals surface area (Å²) >= 11 is 11.4. The summed E-state index contributed by atoms with van der Waals surface area (Å²) in [4.78, 5) is 3.69. The summed E-state index contributed by atoms with van der Waals surface area (Å²) in [6, 6.07) is 0.966. The summed E-state index contributed by atoms with van der Waals surface area (Å²) in [5, 5.41) is 0.166. The Morgan fingerprint density at radius 3 is 2.67 bits per heavy atom. The lowest BCUT2D eigenvalue weighted by atomic mass is 10.3. The number of methoxy groups -OCH3 is 1. The predicted molar refractivity (Wildman–Crippen MR) is 70.5 cm³/mol. The minimum absolute atomic E-state index is 0.0218. The lowest BCUT2D eigenvalue weighted by Crippen LogP contribution is -2.37. The molecule has 1 atom stereocenters. The van der Waals surface area contributed by atoms with Crippen LogP contribution in [0.2, 0.25) is 10.2 Å². The molecule has 0 aromatic carbocycles. The summed E-state index contributed by atoms with van der Waals surface area (Å²) in [6.07, 6.45) is 1.78. The molecule has 0 aliphatic heterocycles. The van der Waals surface area contributed by atoms with Crippen LogP contribution >= 0.6 is 23.2 Å². The second kappa shape index (κ2) is 6.68. The minimum Gasteiger partial charge on any atom is -0.383 e. The van der Waals surface area contributed by atoms with E-state index in [1.807, 2.05) is 6.92 Å². The summed E-state index contributed by atoms with van der Waals surface area (Å²) in [6.45, 7) is 2.16. The molecule has 0 aliphatic carbocycles. The van der Waals surface area contributed by atoms with Crippen molar-refractivity contribution < 1.29 is 13.2 Å². The molecule has 102 valence electrons. The molecule has 0 bridgehead atoms. The van der Waals surface area contributed by atoms with Gasteiger partial charge in [-0.25, -0.2) is 18.1 Å². The Morgan fingerprint density at radius 2 is 2.17 bits per heavy atom. The van der Waals surface area contributed by atoms with Gasteiger partial charge >= 0.3 is 0 Å². The van der Waals surface area contributed by atoms with E-state index in [0.717, 1.165) is 6.20 Å². The summed E-state index contributed by atoms with van der Waals surface area (Å²) in [5.74, 6) is 0. The zero-order valence-corrected chi connectivity index (χ0v) is 12.3. The molecule has 8 heteroatoms. The number of hydrogen-bond donors (Lipinski definition) is 1. The number of nitrogens with zero attached hydrogens (tertiary/aromatic N) is 1. The van der Waals surface area contributed by atoms with Crippen LogP contribution < -0.4 is 4.72 Å². The van der Waals surface area contributed by atoms with E-state index >= 15 is 0 Å². The molecule has 0 aliphatic rings. The van der Waals surface area contributed by atoms with Crippen molar-refractivity contribution in [3.05, 3.63) is 22.4 Å². The van der Waals surface area contributed by atoms with Crippen molar-refractivity contribution in [1.82, 2.24) is 9.71 Å². The summed E-state index contributed by atoms with van der Waals surface area (Å²) < 4.78 is 31.5. The largest absolute Gasteiger partial charge is 0.383 e. The second-order valence-corrected chi connectivity index (χ2v) is 6.10. The molecule has 0 radical (unpaired) electrons. The summed E-state index contributed by atoms with van der Waals surface area (Å²) in [7, 11) is -2.16. The molecule has 1 heterocycles. The predicted octanol–water partition coefficient (Wildman–Crippen LogP) is 2.09.